The van der Waals surface area contributed by atoms with E-state index >= 15 is 0 Å². The number of benzene rings is 3. The van der Waals surface area contributed by atoms with Crippen LogP contribution in [-0.2, 0) is 17.8 Å². The Bertz CT molecular complexity index is 1330. The van der Waals surface area contributed by atoms with Gasteiger partial charge in [0.2, 0.25) is 11.7 Å². The summed E-state index contributed by atoms with van der Waals surface area (Å²) in [6.07, 6.45) is 0.0611. The van der Waals surface area contributed by atoms with Gasteiger partial charge < -0.3 is 14.6 Å². The van der Waals surface area contributed by atoms with Gasteiger partial charge in [-0.3, -0.25) is 14.5 Å². The summed E-state index contributed by atoms with van der Waals surface area (Å²) in [6.45, 7) is 3.51. The highest BCUT2D eigenvalue weighted by Crippen LogP contribution is 2.32. The molecule has 0 radical (unpaired) electrons. The van der Waals surface area contributed by atoms with E-state index in [1.807, 2.05) is 36.4 Å². The van der Waals surface area contributed by atoms with Crippen LogP contribution in [0.3, 0.4) is 0 Å². The van der Waals surface area contributed by atoms with Crippen molar-refractivity contribution in [1.29, 1.82) is 0 Å². The average Bonchev–Trinajstić information content (AvgIpc) is 3.24. The number of rotatable bonds is 6. The topological polar surface area (TPSA) is 65.8 Å². The number of nitrogens with zero attached hydrogens (tertiary/aromatic N) is 2. The highest BCUT2D eigenvalue weighted by Gasteiger charge is 2.29. The van der Waals surface area contributed by atoms with Crippen molar-refractivity contribution in [1.82, 2.24) is 9.80 Å². The van der Waals surface area contributed by atoms with Crippen LogP contribution in [0.15, 0.2) is 83.3 Å². The molecule has 1 N–H and O–H groups in total. The summed E-state index contributed by atoms with van der Waals surface area (Å²) in [4.78, 5) is 30.3. The van der Waals surface area contributed by atoms with Gasteiger partial charge in [-0.15, -0.1) is 0 Å². The van der Waals surface area contributed by atoms with E-state index in [0.717, 1.165) is 19.6 Å². The molecule has 3 aromatic carbocycles. The van der Waals surface area contributed by atoms with Crippen LogP contribution in [0.2, 0.25) is 0 Å². The monoisotopic (exact) mass is 471 g/mol. The van der Waals surface area contributed by atoms with Crippen molar-refractivity contribution in [2.45, 2.75) is 13.0 Å². The largest absolute Gasteiger partial charge is 0.449 e. The van der Waals surface area contributed by atoms with E-state index in [4.69, 9.17) is 4.42 Å². The van der Waals surface area contributed by atoms with Gasteiger partial charge in [-0.05, 0) is 35.4 Å². The van der Waals surface area contributed by atoms with Gasteiger partial charge in [0.15, 0.2) is 0 Å². The molecule has 1 fully saturated rings. The molecule has 35 heavy (non-hydrogen) atoms. The zero-order valence-electron chi connectivity index (χ0n) is 19.2. The number of amides is 2. The minimum Gasteiger partial charge on any atom is -0.449 e. The summed E-state index contributed by atoms with van der Waals surface area (Å²) in [5, 5.41) is 3.55. The lowest BCUT2D eigenvalue weighted by Gasteiger charge is -2.34. The molecule has 1 aliphatic rings. The van der Waals surface area contributed by atoms with Crippen molar-refractivity contribution in [2.75, 3.05) is 31.5 Å². The van der Waals surface area contributed by atoms with E-state index in [1.165, 1.54) is 17.7 Å². The molecule has 0 saturated carbocycles. The molecule has 0 aliphatic carbocycles. The number of furan rings is 1. The van der Waals surface area contributed by atoms with E-state index in [2.05, 4.69) is 22.3 Å². The zero-order valence-corrected chi connectivity index (χ0v) is 19.2. The molecular weight excluding hydrogens is 445 g/mol. The standard InChI is InChI=1S/C28H26FN3O3/c29-22-12-10-20(11-13-22)18-25(33)30-26-23-8-4-5-9-24(23)35-27(26)28(34)32-16-14-31(15-17-32)19-21-6-2-1-3-7-21/h1-13H,14-19H2,(H,30,33). The Labute approximate surface area is 202 Å². The number of fused-ring (bicyclic) bond motifs is 1. The fourth-order valence-corrected chi connectivity index (χ4v) is 4.39. The van der Waals surface area contributed by atoms with Gasteiger partial charge in [0.05, 0.1) is 6.42 Å². The molecule has 0 bridgehead atoms. The molecule has 7 heteroatoms. The molecule has 0 atom stereocenters. The zero-order chi connectivity index (χ0) is 24.2. The predicted molar refractivity (Wildman–Crippen MR) is 133 cm³/mol. The van der Waals surface area contributed by atoms with E-state index < -0.39 is 0 Å². The SMILES string of the molecule is O=C(Cc1ccc(F)cc1)Nc1c(C(=O)N2CCN(Cc3ccccc3)CC2)oc2ccccc12. The smallest absolute Gasteiger partial charge is 0.291 e. The summed E-state index contributed by atoms with van der Waals surface area (Å²) in [5.41, 5.74) is 2.84. The van der Waals surface area contributed by atoms with Crippen LogP contribution in [0.25, 0.3) is 11.0 Å². The molecule has 1 saturated heterocycles. The molecule has 2 heterocycles. The Morgan fingerprint density at radius 3 is 2.26 bits per heavy atom. The third kappa shape index (κ3) is 5.25. The van der Waals surface area contributed by atoms with Gasteiger partial charge in [0.25, 0.3) is 5.91 Å². The molecule has 4 aromatic rings. The lowest BCUT2D eigenvalue weighted by Crippen LogP contribution is -2.48. The number of hydrogen-bond donors (Lipinski definition) is 1. The first kappa shape index (κ1) is 22.8. The quantitative estimate of drug-likeness (QED) is 0.442. The number of piperazine rings is 1. The van der Waals surface area contributed by atoms with Crippen LogP contribution in [-0.4, -0.2) is 47.8 Å². The minimum absolute atomic E-state index is 0.0611. The predicted octanol–water partition coefficient (Wildman–Crippen LogP) is 4.71. The highest BCUT2D eigenvalue weighted by molar-refractivity contribution is 6.11. The summed E-state index contributed by atoms with van der Waals surface area (Å²) in [7, 11) is 0. The van der Waals surface area contributed by atoms with Crippen LogP contribution >= 0.6 is 0 Å². The Hall–Kier alpha value is -3.97. The average molecular weight is 472 g/mol. The second-order valence-corrected chi connectivity index (χ2v) is 8.71. The van der Waals surface area contributed by atoms with Crippen molar-refractivity contribution < 1.29 is 18.4 Å². The second-order valence-electron chi connectivity index (χ2n) is 8.71. The fourth-order valence-electron chi connectivity index (χ4n) is 4.39. The lowest BCUT2D eigenvalue weighted by molar-refractivity contribution is -0.115. The van der Waals surface area contributed by atoms with Crippen molar-refractivity contribution in [2.24, 2.45) is 0 Å². The first-order chi connectivity index (χ1) is 17.1. The molecule has 1 aliphatic heterocycles. The second kappa shape index (κ2) is 10.1. The highest BCUT2D eigenvalue weighted by atomic mass is 19.1. The summed E-state index contributed by atoms with van der Waals surface area (Å²) in [6, 6.07) is 23.3. The van der Waals surface area contributed by atoms with Crippen LogP contribution in [0, 0.1) is 5.82 Å². The number of para-hydroxylation sites is 1. The maximum atomic E-state index is 13.5. The number of hydrogen-bond acceptors (Lipinski definition) is 4. The number of nitrogens with one attached hydrogen (secondary N) is 1. The Kier molecular flexibility index (Phi) is 6.59. The van der Waals surface area contributed by atoms with E-state index in [-0.39, 0.29) is 29.8 Å². The number of anilines is 1. The molecule has 1 aromatic heterocycles. The number of carbonyl (C=O) groups is 2. The van der Waals surface area contributed by atoms with Gasteiger partial charge in [-0.1, -0.05) is 54.6 Å². The van der Waals surface area contributed by atoms with Gasteiger partial charge in [-0.25, -0.2) is 4.39 Å². The first-order valence-electron chi connectivity index (χ1n) is 11.7. The number of carbonyl (C=O) groups excluding carboxylic acids is 2. The normalized spacial score (nSPS) is 14.3. The van der Waals surface area contributed by atoms with Crippen LogP contribution in [0.5, 0.6) is 0 Å². The van der Waals surface area contributed by atoms with E-state index in [0.29, 0.717) is 35.3 Å². The Morgan fingerprint density at radius 2 is 1.51 bits per heavy atom. The van der Waals surface area contributed by atoms with Gasteiger partial charge in [-0.2, -0.15) is 0 Å². The van der Waals surface area contributed by atoms with Crippen molar-refractivity contribution >= 4 is 28.5 Å². The van der Waals surface area contributed by atoms with Crippen LogP contribution < -0.4 is 5.32 Å². The maximum Gasteiger partial charge on any atom is 0.291 e. The Morgan fingerprint density at radius 1 is 0.829 bits per heavy atom. The van der Waals surface area contributed by atoms with E-state index in [1.54, 1.807) is 23.1 Å². The lowest BCUT2D eigenvalue weighted by atomic mass is 10.1. The summed E-state index contributed by atoms with van der Waals surface area (Å²) < 4.78 is 19.1. The van der Waals surface area contributed by atoms with Gasteiger partial charge >= 0.3 is 0 Å². The molecular formula is C28H26FN3O3. The summed E-state index contributed by atoms with van der Waals surface area (Å²) in [5.74, 6) is -0.760. The third-order valence-electron chi connectivity index (χ3n) is 6.24. The van der Waals surface area contributed by atoms with Crippen molar-refractivity contribution in [3.05, 3.63) is 102 Å². The Balaban J connectivity index is 1.30. The minimum atomic E-state index is -0.355. The molecule has 178 valence electrons. The van der Waals surface area contributed by atoms with E-state index in [9.17, 15) is 14.0 Å². The molecule has 0 unspecified atom stereocenters. The molecule has 5 rings (SSSR count). The van der Waals surface area contributed by atoms with Gasteiger partial charge in [0, 0.05) is 38.1 Å². The van der Waals surface area contributed by atoms with Crippen molar-refractivity contribution in [3.8, 4) is 0 Å². The maximum absolute atomic E-state index is 13.5. The van der Waals surface area contributed by atoms with Crippen LogP contribution in [0.4, 0.5) is 10.1 Å². The van der Waals surface area contributed by atoms with Crippen LogP contribution in [0.1, 0.15) is 21.7 Å². The van der Waals surface area contributed by atoms with Gasteiger partial charge in [0.1, 0.15) is 17.1 Å². The molecule has 0 spiro atoms. The fraction of sp³-hybridized carbons (Fsp3) is 0.214. The molecule has 2 amide bonds. The first-order valence-corrected chi connectivity index (χ1v) is 11.7. The number of halogens is 1. The summed E-state index contributed by atoms with van der Waals surface area (Å²) >= 11 is 0. The van der Waals surface area contributed by atoms with Crippen molar-refractivity contribution in [3.63, 3.8) is 0 Å². The third-order valence-corrected chi connectivity index (χ3v) is 6.24. The molecule has 6 nitrogen and oxygen atoms in total.